The van der Waals surface area contributed by atoms with Crippen molar-refractivity contribution in [2.75, 3.05) is 0 Å². The van der Waals surface area contributed by atoms with E-state index < -0.39 is 5.97 Å². The number of aromatic amines is 2. The number of nitrogens with one attached hydrogen (secondary N) is 2. The molecule has 6 nitrogen and oxygen atoms in total. The number of H-pyrrole nitrogens is 2. The highest BCUT2D eigenvalue weighted by Crippen LogP contribution is 2.14. The van der Waals surface area contributed by atoms with Crippen LogP contribution in [0.1, 0.15) is 16.1 Å². The van der Waals surface area contributed by atoms with Crippen LogP contribution in [0.2, 0.25) is 0 Å². The van der Waals surface area contributed by atoms with Gasteiger partial charge < -0.3 is 15.1 Å². The van der Waals surface area contributed by atoms with E-state index in [0.29, 0.717) is 17.6 Å². The predicted molar refractivity (Wildman–Crippen MR) is 69.4 cm³/mol. The zero-order valence-corrected chi connectivity index (χ0v) is 9.88. The van der Waals surface area contributed by atoms with E-state index in [9.17, 15) is 9.59 Å². The van der Waals surface area contributed by atoms with Crippen molar-refractivity contribution in [2.24, 2.45) is 0 Å². The molecule has 3 rings (SSSR count). The van der Waals surface area contributed by atoms with Crippen LogP contribution in [0.15, 0.2) is 41.3 Å². The van der Waals surface area contributed by atoms with Gasteiger partial charge in [-0.15, -0.1) is 0 Å². The second kappa shape index (κ2) is 4.16. The highest BCUT2D eigenvalue weighted by atomic mass is 16.4. The maximum absolute atomic E-state index is 11.9. The Balaban J connectivity index is 2.12. The van der Waals surface area contributed by atoms with Crippen molar-refractivity contribution in [1.29, 1.82) is 0 Å². The summed E-state index contributed by atoms with van der Waals surface area (Å²) in [5.74, 6) is -1.01. The molecule has 96 valence electrons. The van der Waals surface area contributed by atoms with Crippen molar-refractivity contribution in [1.82, 2.24) is 14.5 Å². The molecule has 6 heteroatoms. The van der Waals surface area contributed by atoms with Crippen molar-refractivity contribution in [2.45, 2.75) is 6.54 Å². The second-order valence-electron chi connectivity index (χ2n) is 4.25. The molecular weight excluding hydrogens is 246 g/mol. The normalized spacial score (nSPS) is 10.9. The van der Waals surface area contributed by atoms with Gasteiger partial charge in [-0.2, -0.15) is 0 Å². The van der Waals surface area contributed by atoms with Crippen molar-refractivity contribution < 1.29 is 9.90 Å². The van der Waals surface area contributed by atoms with Crippen molar-refractivity contribution in [3.63, 3.8) is 0 Å². The summed E-state index contributed by atoms with van der Waals surface area (Å²) in [6.07, 6.45) is 1.79. The fourth-order valence-corrected chi connectivity index (χ4v) is 2.09. The van der Waals surface area contributed by atoms with Crippen LogP contribution in [0.4, 0.5) is 0 Å². The van der Waals surface area contributed by atoms with Crippen LogP contribution in [-0.2, 0) is 6.54 Å². The molecule has 19 heavy (non-hydrogen) atoms. The first kappa shape index (κ1) is 11.3. The largest absolute Gasteiger partial charge is 0.478 e. The average Bonchev–Trinajstić information content (AvgIpc) is 2.98. The van der Waals surface area contributed by atoms with Crippen LogP contribution in [-0.4, -0.2) is 25.6 Å². The Hall–Kier alpha value is -2.76. The number of carbonyl (C=O) groups is 1. The van der Waals surface area contributed by atoms with Gasteiger partial charge in [0.05, 0.1) is 23.1 Å². The zero-order valence-electron chi connectivity index (χ0n) is 9.88. The minimum Gasteiger partial charge on any atom is -0.478 e. The molecule has 0 saturated heterocycles. The number of hydrogen-bond acceptors (Lipinski definition) is 2. The SMILES string of the molecule is O=C(O)c1ccc2c(c1)[nH]c(=O)n2Cc1ccc[nH]1. The van der Waals surface area contributed by atoms with E-state index in [0.717, 1.165) is 5.69 Å². The van der Waals surface area contributed by atoms with E-state index in [1.807, 2.05) is 12.1 Å². The topological polar surface area (TPSA) is 90.9 Å². The molecular formula is C13H11N3O3. The number of rotatable bonds is 3. The van der Waals surface area contributed by atoms with Gasteiger partial charge in [-0.1, -0.05) is 0 Å². The molecule has 3 aromatic rings. The van der Waals surface area contributed by atoms with Gasteiger partial charge in [-0.05, 0) is 30.3 Å². The third kappa shape index (κ3) is 1.93. The molecule has 0 amide bonds. The van der Waals surface area contributed by atoms with E-state index >= 15 is 0 Å². The molecule has 0 aliphatic rings. The van der Waals surface area contributed by atoms with Crippen LogP contribution in [0.25, 0.3) is 11.0 Å². The Morgan fingerprint density at radius 2 is 2.16 bits per heavy atom. The average molecular weight is 257 g/mol. The third-order valence-corrected chi connectivity index (χ3v) is 3.01. The Bertz CT molecular complexity index is 796. The van der Waals surface area contributed by atoms with Crippen molar-refractivity contribution in [3.8, 4) is 0 Å². The number of aromatic carboxylic acids is 1. The van der Waals surface area contributed by atoms with Crippen molar-refractivity contribution >= 4 is 17.0 Å². The number of imidazole rings is 1. The zero-order chi connectivity index (χ0) is 13.4. The fourth-order valence-electron chi connectivity index (χ4n) is 2.09. The fraction of sp³-hybridized carbons (Fsp3) is 0.0769. The molecule has 0 aliphatic carbocycles. The molecule has 2 aromatic heterocycles. The lowest BCUT2D eigenvalue weighted by molar-refractivity contribution is 0.0697. The predicted octanol–water partition coefficient (Wildman–Crippen LogP) is 1.40. The molecule has 0 fully saturated rings. The highest BCUT2D eigenvalue weighted by molar-refractivity contribution is 5.92. The molecule has 0 radical (unpaired) electrons. The van der Waals surface area contributed by atoms with E-state index in [1.165, 1.54) is 12.1 Å². The lowest BCUT2D eigenvalue weighted by Crippen LogP contribution is -2.17. The van der Waals surface area contributed by atoms with Gasteiger partial charge in [0.25, 0.3) is 0 Å². The minimum absolute atomic E-state index is 0.153. The van der Waals surface area contributed by atoms with Crippen molar-refractivity contribution in [3.05, 3.63) is 58.3 Å². The molecule has 0 unspecified atom stereocenters. The lowest BCUT2D eigenvalue weighted by Gasteiger charge is -2.01. The number of carboxylic acids is 1. The number of carboxylic acid groups (broad SMARTS) is 1. The minimum atomic E-state index is -1.01. The lowest BCUT2D eigenvalue weighted by atomic mass is 10.2. The number of fused-ring (bicyclic) bond motifs is 1. The number of hydrogen-bond donors (Lipinski definition) is 3. The smallest absolute Gasteiger partial charge is 0.335 e. The first-order valence-electron chi connectivity index (χ1n) is 5.73. The molecule has 0 bridgehead atoms. The summed E-state index contributed by atoms with van der Waals surface area (Å²) >= 11 is 0. The molecule has 1 aromatic carbocycles. The summed E-state index contributed by atoms with van der Waals surface area (Å²) < 4.78 is 1.56. The van der Waals surface area contributed by atoms with Gasteiger partial charge in [0.15, 0.2) is 0 Å². The summed E-state index contributed by atoms with van der Waals surface area (Å²) in [5.41, 5.74) is 2.01. The Morgan fingerprint density at radius 3 is 2.84 bits per heavy atom. The number of nitrogens with zero attached hydrogens (tertiary/aromatic N) is 1. The summed E-state index contributed by atoms with van der Waals surface area (Å²) in [6.45, 7) is 0.415. The second-order valence-corrected chi connectivity index (χ2v) is 4.25. The van der Waals surface area contributed by atoms with E-state index in [2.05, 4.69) is 9.97 Å². The Morgan fingerprint density at radius 1 is 1.32 bits per heavy atom. The summed E-state index contributed by atoms with van der Waals surface area (Å²) in [5, 5.41) is 8.92. The van der Waals surface area contributed by atoms with Gasteiger partial charge in [0.2, 0.25) is 0 Å². The third-order valence-electron chi connectivity index (χ3n) is 3.01. The maximum Gasteiger partial charge on any atom is 0.335 e. The van der Waals surface area contributed by atoms with Gasteiger partial charge in [-0.25, -0.2) is 9.59 Å². The van der Waals surface area contributed by atoms with Gasteiger partial charge >= 0.3 is 11.7 Å². The van der Waals surface area contributed by atoms with Crippen LogP contribution in [0.3, 0.4) is 0 Å². The summed E-state index contributed by atoms with van der Waals surface area (Å²) in [7, 11) is 0. The Kier molecular flexibility index (Phi) is 2.49. The van der Waals surface area contributed by atoms with Crippen LogP contribution in [0, 0.1) is 0 Å². The van der Waals surface area contributed by atoms with Crippen LogP contribution in [0.5, 0.6) is 0 Å². The number of aromatic nitrogens is 3. The monoisotopic (exact) mass is 257 g/mol. The highest BCUT2D eigenvalue weighted by Gasteiger charge is 2.10. The molecule has 2 heterocycles. The number of benzene rings is 1. The van der Waals surface area contributed by atoms with Crippen LogP contribution < -0.4 is 5.69 Å². The summed E-state index contributed by atoms with van der Waals surface area (Å²) in [4.78, 5) is 28.5. The molecule has 0 atom stereocenters. The first-order chi connectivity index (χ1) is 9.15. The molecule has 0 aliphatic heterocycles. The first-order valence-corrected chi connectivity index (χ1v) is 5.73. The van der Waals surface area contributed by atoms with Gasteiger partial charge in [0.1, 0.15) is 0 Å². The van der Waals surface area contributed by atoms with Gasteiger partial charge in [-0.3, -0.25) is 4.57 Å². The van der Waals surface area contributed by atoms with Gasteiger partial charge in [0, 0.05) is 11.9 Å². The molecule has 0 spiro atoms. The quantitative estimate of drug-likeness (QED) is 0.662. The molecule has 3 N–H and O–H groups in total. The summed E-state index contributed by atoms with van der Waals surface area (Å²) in [6, 6.07) is 8.34. The maximum atomic E-state index is 11.9. The standard InChI is InChI=1S/C13H11N3O3/c17-12(18)8-3-4-11-10(6-8)15-13(19)16(11)7-9-2-1-5-14-9/h1-6,14H,7H2,(H,15,19)(H,17,18). The van der Waals surface area contributed by atoms with Crippen LogP contribution >= 0.6 is 0 Å². The molecule has 0 saturated carbocycles. The Labute approximate surface area is 107 Å². The van der Waals surface area contributed by atoms with E-state index in [1.54, 1.807) is 16.8 Å². The van der Waals surface area contributed by atoms with E-state index in [-0.39, 0.29) is 11.3 Å². The van der Waals surface area contributed by atoms with E-state index in [4.69, 9.17) is 5.11 Å².